The maximum absolute atomic E-state index is 10.4. The van der Waals surface area contributed by atoms with Gasteiger partial charge in [-0.2, -0.15) is 0 Å². The Hall–Kier alpha value is -2.54. The Morgan fingerprint density at radius 1 is 0.682 bits per heavy atom. The molecule has 0 atom stereocenters. The van der Waals surface area contributed by atoms with Crippen LogP contribution in [0.25, 0.3) is 0 Å². The Balaban J connectivity index is 1.85. The predicted octanol–water partition coefficient (Wildman–Crippen LogP) is 4.88. The minimum atomic E-state index is 0.389. The molecule has 0 aliphatic carbocycles. The molecule has 0 aliphatic rings. The van der Waals surface area contributed by atoms with Gasteiger partial charge in [-0.1, -0.05) is 66.7 Å². The summed E-state index contributed by atoms with van der Waals surface area (Å²) in [5.74, 6) is 0.389. The molecule has 110 valence electrons. The lowest BCUT2D eigenvalue weighted by atomic mass is 9.95. The molecule has 3 rings (SSSR count). The van der Waals surface area contributed by atoms with Gasteiger partial charge in [0, 0.05) is 6.42 Å². The number of phenolic OH excluding ortho intramolecular Hbond substituents is 1. The van der Waals surface area contributed by atoms with Crippen molar-refractivity contribution in [3.05, 3.63) is 101 Å². The molecular formula is C21H20O. The van der Waals surface area contributed by atoms with Crippen LogP contribution in [-0.4, -0.2) is 5.11 Å². The second kappa shape index (κ2) is 6.48. The maximum Gasteiger partial charge on any atom is 0.119 e. The second-order valence-corrected chi connectivity index (χ2v) is 5.73. The van der Waals surface area contributed by atoms with E-state index in [9.17, 15) is 5.11 Å². The summed E-state index contributed by atoms with van der Waals surface area (Å²) in [5, 5.41) is 10.4. The van der Waals surface area contributed by atoms with Crippen molar-refractivity contribution in [3.8, 4) is 5.75 Å². The van der Waals surface area contributed by atoms with E-state index < -0.39 is 0 Å². The predicted molar refractivity (Wildman–Crippen MR) is 91.3 cm³/mol. The maximum atomic E-state index is 10.4. The van der Waals surface area contributed by atoms with Crippen molar-refractivity contribution < 1.29 is 5.11 Å². The molecule has 3 aromatic rings. The first kappa shape index (κ1) is 14.4. The molecule has 0 saturated heterocycles. The molecule has 1 N–H and O–H groups in total. The van der Waals surface area contributed by atoms with Gasteiger partial charge >= 0.3 is 0 Å². The van der Waals surface area contributed by atoms with Crippen LogP contribution >= 0.6 is 0 Å². The van der Waals surface area contributed by atoms with Crippen molar-refractivity contribution in [2.45, 2.75) is 19.8 Å². The van der Waals surface area contributed by atoms with Gasteiger partial charge in [-0.15, -0.1) is 0 Å². The largest absolute Gasteiger partial charge is 0.508 e. The van der Waals surface area contributed by atoms with Gasteiger partial charge in [-0.05, 0) is 47.2 Å². The van der Waals surface area contributed by atoms with Crippen LogP contribution in [0.15, 0.2) is 72.8 Å². The lowest BCUT2D eigenvalue weighted by Gasteiger charge is -2.12. The van der Waals surface area contributed by atoms with E-state index in [0.717, 1.165) is 18.4 Å². The van der Waals surface area contributed by atoms with Gasteiger partial charge in [-0.25, -0.2) is 0 Å². The lowest BCUT2D eigenvalue weighted by molar-refractivity contribution is 0.468. The monoisotopic (exact) mass is 288 g/mol. The fourth-order valence-electron chi connectivity index (χ4n) is 2.76. The van der Waals surface area contributed by atoms with Crippen molar-refractivity contribution in [3.63, 3.8) is 0 Å². The summed E-state index contributed by atoms with van der Waals surface area (Å²) in [6, 6.07) is 24.6. The molecule has 0 unspecified atom stereocenters. The number of rotatable bonds is 4. The summed E-state index contributed by atoms with van der Waals surface area (Å²) in [4.78, 5) is 0. The summed E-state index contributed by atoms with van der Waals surface area (Å²) in [6.07, 6.45) is 1.62. The third-order valence-electron chi connectivity index (χ3n) is 4.01. The van der Waals surface area contributed by atoms with E-state index in [0.29, 0.717) is 5.75 Å². The summed E-state index contributed by atoms with van der Waals surface area (Å²) in [6.45, 7) is 2.12. The lowest BCUT2D eigenvalue weighted by Crippen LogP contribution is -1.96. The van der Waals surface area contributed by atoms with Crippen LogP contribution in [0.1, 0.15) is 27.8 Å². The van der Waals surface area contributed by atoms with Crippen LogP contribution in [0.2, 0.25) is 0 Å². The van der Waals surface area contributed by atoms with Crippen molar-refractivity contribution in [2.24, 2.45) is 0 Å². The Morgan fingerprint density at radius 3 is 1.73 bits per heavy atom. The number of phenols is 1. The van der Waals surface area contributed by atoms with Crippen LogP contribution in [0.3, 0.4) is 0 Å². The van der Waals surface area contributed by atoms with Crippen LogP contribution in [0, 0.1) is 6.92 Å². The van der Waals surface area contributed by atoms with E-state index in [1.807, 2.05) is 42.5 Å². The highest BCUT2D eigenvalue weighted by Gasteiger charge is 2.08. The van der Waals surface area contributed by atoms with Crippen molar-refractivity contribution in [1.29, 1.82) is 0 Å². The molecule has 22 heavy (non-hydrogen) atoms. The van der Waals surface area contributed by atoms with E-state index in [4.69, 9.17) is 0 Å². The molecule has 0 spiro atoms. The minimum Gasteiger partial charge on any atom is -0.508 e. The van der Waals surface area contributed by atoms with Crippen LogP contribution in [0.4, 0.5) is 0 Å². The van der Waals surface area contributed by atoms with Crippen LogP contribution < -0.4 is 0 Å². The molecule has 0 fully saturated rings. The van der Waals surface area contributed by atoms with E-state index in [2.05, 4.69) is 37.3 Å². The van der Waals surface area contributed by atoms with Crippen molar-refractivity contribution in [1.82, 2.24) is 0 Å². The first-order valence-electron chi connectivity index (χ1n) is 7.61. The molecule has 0 radical (unpaired) electrons. The minimum absolute atomic E-state index is 0.389. The molecule has 0 aromatic heterocycles. The SMILES string of the molecule is Cc1cc(Cc2ccccc2)c(O)cc1Cc1ccccc1. The van der Waals surface area contributed by atoms with Crippen molar-refractivity contribution >= 4 is 0 Å². The number of aromatic hydroxyl groups is 1. The second-order valence-electron chi connectivity index (χ2n) is 5.73. The fourth-order valence-corrected chi connectivity index (χ4v) is 2.76. The Kier molecular flexibility index (Phi) is 4.24. The van der Waals surface area contributed by atoms with Crippen molar-refractivity contribution in [2.75, 3.05) is 0 Å². The van der Waals surface area contributed by atoms with E-state index in [-0.39, 0.29) is 0 Å². The number of hydrogen-bond acceptors (Lipinski definition) is 1. The first-order valence-corrected chi connectivity index (χ1v) is 7.61. The average molecular weight is 288 g/mol. The first-order chi connectivity index (χ1) is 10.7. The number of aryl methyl sites for hydroxylation is 1. The fraction of sp³-hybridized carbons (Fsp3) is 0.143. The number of hydrogen-bond donors (Lipinski definition) is 1. The molecule has 0 heterocycles. The number of benzene rings is 3. The van der Waals surface area contributed by atoms with Gasteiger partial charge in [0.25, 0.3) is 0 Å². The molecule has 1 heteroatoms. The topological polar surface area (TPSA) is 20.2 Å². The van der Waals surface area contributed by atoms with Gasteiger partial charge in [0.2, 0.25) is 0 Å². The summed E-state index contributed by atoms with van der Waals surface area (Å²) in [7, 11) is 0. The summed E-state index contributed by atoms with van der Waals surface area (Å²) < 4.78 is 0. The molecule has 0 amide bonds. The smallest absolute Gasteiger partial charge is 0.119 e. The average Bonchev–Trinajstić information content (AvgIpc) is 2.54. The molecule has 1 nitrogen and oxygen atoms in total. The Labute approximate surface area is 131 Å². The Bertz CT molecular complexity index is 678. The van der Waals surface area contributed by atoms with Gasteiger partial charge in [0.05, 0.1) is 0 Å². The zero-order valence-electron chi connectivity index (χ0n) is 12.8. The quantitative estimate of drug-likeness (QED) is 0.725. The normalized spacial score (nSPS) is 10.6. The van der Waals surface area contributed by atoms with Gasteiger partial charge in [0.1, 0.15) is 5.75 Å². The summed E-state index contributed by atoms with van der Waals surface area (Å²) in [5.41, 5.74) is 5.88. The highest BCUT2D eigenvalue weighted by molar-refractivity contribution is 5.45. The van der Waals surface area contributed by atoms with Crippen LogP contribution in [0.5, 0.6) is 5.75 Å². The van der Waals surface area contributed by atoms with E-state index in [1.54, 1.807) is 0 Å². The van der Waals surface area contributed by atoms with Gasteiger partial charge < -0.3 is 5.11 Å². The zero-order chi connectivity index (χ0) is 15.4. The highest BCUT2D eigenvalue weighted by atomic mass is 16.3. The Morgan fingerprint density at radius 2 is 1.18 bits per heavy atom. The standard InChI is InChI=1S/C21H20O/c1-16-12-20(14-18-10-6-3-7-11-18)21(22)15-19(16)13-17-8-4-2-5-9-17/h2-12,15,22H,13-14H2,1H3. The van der Waals surface area contributed by atoms with Crippen LogP contribution in [-0.2, 0) is 12.8 Å². The third-order valence-corrected chi connectivity index (χ3v) is 4.01. The van der Waals surface area contributed by atoms with E-state index >= 15 is 0 Å². The molecule has 0 aliphatic heterocycles. The molecule has 0 bridgehead atoms. The third kappa shape index (κ3) is 3.37. The molecule has 3 aromatic carbocycles. The zero-order valence-corrected chi connectivity index (χ0v) is 12.8. The summed E-state index contributed by atoms with van der Waals surface area (Å²) >= 11 is 0. The molecular weight excluding hydrogens is 268 g/mol. The highest BCUT2D eigenvalue weighted by Crippen LogP contribution is 2.26. The van der Waals surface area contributed by atoms with Gasteiger partial charge in [0.15, 0.2) is 0 Å². The molecule has 0 saturated carbocycles. The van der Waals surface area contributed by atoms with E-state index in [1.165, 1.54) is 22.3 Å². The van der Waals surface area contributed by atoms with Gasteiger partial charge in [-0.3, -0.25) is 0 Å².